The maximum atomic E-state index is 13.2. The summed E-state index contributed by atoms with van der Waals surface area (Å²) in [6.45, 7) is 8.27. The predicted molar refractivity (Wildman–Crippen MR) is 130 cm³/mol. The number of carbonyl (C=O) groups excluding carboxylic acids is 2. The van der Waals surface area contributed by atoms with E-state index in [4.69, 9.17) is 5.11 Å². The van der Waals surface area contributed by atoms with Gasteiger partial charge in [-0.3, -0.25) is 14.5 Å². The van der Waals surface area contributed by atoms with Gasteiger partial charge in [-0.25, -0.2) is 9.18 Å². The van der Waals surface area contributed by atoms with Crippen LogP contribution in [0.3, 0.4) is 0 Å². The largest absolute Gasteiger partial charge is 0.465 e. The standard InChI is InChI=1S/C25H36FN5O4/c1-17-16-31(21-5-3-19(26)4-6-21)14-13-29(17)10-7-20-15-25(23(33)28-20)8-11-30(12-9-25)22(32)18(2)27-24(34)35/h3-6,17-18,20,27H,7-16H2,1-2H3,(H,28,33)(H,34,35)/t17-,18?,20-/m0/s1. The second-order valence-electron chi connectivity index (χ2n) is 10.2. The number of likely N-dealkylation sites (tertiary alicyclic amines) is 1. The SMILES string of the molecule is CC(NC(=O)O)C(=O)N1CCC2(CC1)C[C@H](CCN1CCN(c3ccc(F)cc3)C[C@@H]1C)NC2=O. The minimum atomic E-state index is -1.22. The molecule has 0 bridgehead atoms. The van der Waals surface area contributed by atoms with Crippen molar-refractivity contribution in [2.45, 2.75) is 57.7 Å². The Morgan fingerprint density at radius 3 is 2.51 bits per heavy atom. The molecule has 10 heteroatoms. The second kappa shape index (κ2) is 10.4. The first-order chi connectivity index (χ1) is 16.7. The van der Waals surface area contributed by atoms with Crippen LogP contribution < -0.4 is 15.5 Å². The van der Waals surface area contributed by atoms with Gasteiger partial charge in [-0.15, -0.1) is 0 Å². The molecule has 3 atom stereocenters. The zero-order chi connectivity index (χ0) is 25.2. The Bertz CT molecular complexity index is 934. The van der Waals surface area contributed by atoms with Crippen molar-refractivity contribution in [3.63, 3.8) is 0 Å². The molecule has 0 radical (unpaired) electrons. The molecule has 192 valence electrons. The lowest BCUT2D eigenvalue weighted by molar-refractivity contribution is -0.139. The fourth-order valence-electron chi connectivity index (χ4n) is 5.77. The smallest absolute Gasteiger partial charge is 0.405 e. The third-order valence-electron chi connectivity index (χ3n) is 7.92. The molecule has 3 amide bonds. The van der Waals surface area contributed by atoms with Crippen LogP contribution in [0.2, 0.25) is 0 Å². The molecular weight excluding hydrogens is 453 g/mol. The summed E-state index contributed by atoms with van der Waals surface area (Å²) in [5, 5.41) is 14.2. The highest BCUT2D eigenvalue weighted by Gasteiger charge is 2.48. The molecule has 4 rings (SSSR count). The Morgan fingerprint density at radius 1 is 1.20 bits per heavy atom. The number of hydrogen-bond donors (Lipinski definition) is 3. The lowest BCUT2D eigenvalue weighted by Crippen LogP contribution is -2.52. The van der Waals surface area contributed by atoms with Crippen LogP contribution in [0.1, 0.15) is 39.5 Å². The number of carboxylic acid groups (broad SMARTS) is 1. The van der Waals surface area contributed by atoms with Gasteiger partial charge >= 0.3 is 6.09 Å². The quantitative estimate of drug-likeness (QED) is 0.564. The highest BCUT2D eigenvalue weighted by atomic mass is 19.1. The number of nitrogens with one attached hydrogen (secondary N) is 2. The Kier molecular flexibility index (Phi) is 7.49. The molecule has 3 heterocycles. The Labute approximate surface area is 205 Å². The molecule has 1 aromatic rings. The first-order valence-electron chi connectivity index (χ1n) is 12.5. The summed E-state index contributed by atoms with van der Waals surface area (Å²) in [7, 11) is 0. The van der Waals surface area contributed by atoms with E-state index in [0.29, 0.717) is 32.0 Å². The monoisotopic (exact) mass is 489 g/mol. The number of carbonyl (C=O) groups is 3. The summed E-state index contributed by atoms with van der Waals surface area (Å²) < 4.78 is 13.2. The molecule has 35 heavy (non-hydrogen) atoms. The van der Waals surface area contributed by atoms with E-state index < -0.39 is 17.6 Å². The third-order valence-corrected chi connectivity index (χ3v) is 7.92. The van der Waals surface area contributed by atoms with Crippen molar-refractivity contribution >= 4 is 23.6 Å². The van der Waals surface area contributed by atoms with Gasteiger partial charge in [-0.2, -0.15) is 0 Å². The van der Waals surface area contributed by atoms with Crippen molar-refractivity contribution in [3.05, 3.63) is 30.1 Å². The second-order valence-corrected chi connectivity index (χ2v) is 10.2. The van der Waals surface area contributed by atoms with E-state index in [1.165, 1.54) is 12.1 Å². The minimum Gasteiger partial charge on any atom is -0.465 e. The van der Waals surface area contributed by atoms with Crippen molar-refractivity contribution in [1.82, 2.24) is 20.4 Å². The Morgan fingerprint density at radius 2 is 1.89 bits per heavy atom. The molecule has 1 aromatic carbocycles. The Balaban J connectivity index is 1.24. The van der Waals surface area contributed by atoms with E-state index in [1.54, 1.807) is 11.8 Å². The molecule has 0 aliphatic carbocycles. The molecule has 1 spiro atoms. The summed E-state index contributed by atoms with van der Waals surface area (Å²) in [5.41, 5.74) is 0.610. The van der Waals surface area contributed by atoms with Gasteiger partial charge < -0.3 is 25.5 Å². The molecule has 9 nitrogen and oxygen atoms in total. The van der Waals surface area contributed by atoms with E-state index in [1.807, 2.05) is 12.1 Å². The molecule has 0 saturated carbocycles. The molecular formula is C25H36FN5O4. The van der Waals surface area contributed by atoms with Crippen molar-refractivity contribution in [2.24, 2.45) is 5.41 Å². The van der Waals surface area contributed by atoms with Crippen LogP contribution in [0, 0.1) is 11.2 Å². The fourth-order valence-corrected chi connectivity index (χ4v) is 5.77. The molecule has 1 unspecified atom stereocenters. The van der Waals surface area contributed by atoms with Crippen LogP contribution in [-0.2, 0) is 9.59 Å². The number of hydrogen-bond acceptors (Lipinski definition) is 5. The number of halogens is 1. The lowest BCUT2D eigenvalue weighted by Gasteiger charge is -2.41. The number of rotatable bonds is 6. The van der Waals surface area contributed by atoms with E-state index in [2.05, 4.69) is 27.4 Å². The van der Waals surface area contributed by atoms with E-state index in [0.717, 1.165) is 44.7 Å². The highest BCUT2D eigenvalue weighted by molar-refractivity contribution is 5.87. The number of piperazine rings is 1. The first kappa shape index (κ1) is 25.2. The number of nitrogens with zero attached hydrogens (tertiary/aromatic N) is 3. The van der Waals surface area contributed by atoms with E-state index in [-0.39, 0.29) is 23.7 Å². The molecule has 0 aromatic heterocycles. The van der Waals surface area contributed by atoms with E-state index in [9.17, 15) is 18.8 Å². The van der Waals surface area contributed by atoms with Gasteiger partial charge in [0.15, 0.2) is 0 Å². The third kappa shape index (κ3) is 5.69. The predicted octanol–water partition coefficient (Wildman–Crippen LogP) is 1.88. The van der Waals surface area contributed by atoms with Crippen LogP contribution in [0.25, 0.3) is 0 Å². The number of piperidine rings is 1. The summed E-state index contributed by atoms with van der Waals surface area (Å²) in [6, 6.07) is 6.34. The molecule has 3 aliphatic heterocycles. The average Bonchev–Trinajstić information content (AvgIpc) is 3.12. The highest BCUT2D eigenvalue weighted by Crippen LogP contribution is 2.41. The maximum absolute atomic E-state index is 13.2. The topological polar surface area (TPSA) is 105 Å². The first-order valence-corrected chi connectivity index (χ1v) is 12.5. The van der Waals surface area contributed by atoms with Crippen molar-refractivity contribution in [3.8, 4) is 0 Å². The van der Waals surface area contributed by atoms with Crippen LogP contribution in [0.4, 0.5) is 14.9 Å². The van der Waals surface area contributed by atoms with Gasteiger partial charge in [-0.05, 0) is 63.8 Å². The number of anilines is 1. The molecule has 3 saturated heterocycles. The Hall–Kier alpha value is -2.88. The molecule has 3 fully saturated rings. The summed E-state index contributed by atoms with van der Waals surface area (Å²) in [6.07, 6.45) is 1.65. The average molecular weight is 490 g/mol. The fraction of sp³-hybridized carbons (Fsp3) is 0.640. The molecule has 3 aliphatic rings. The summed E-state index contributed by atoms with van der Waals surface area (Å²) in [4.78, 5) is 42.6. The number of benzene rings is 1. The van der Waals surface area contributed by atoms with Crippen LogP contribution in [-0.4, -0.2) is 90.2 Å². The zero-order valence-corrected chi connectivity index (χ0v) is 20.5. The number of amides is 3. The van der Waals surface area contributed by atoms with Gasteiger partial charge in [0.1, 0.15) is 11.9 Å². The minimum absolute atomic E-state index is 0.0838. The van der Waals surface area contributed by atoms with Crippen LogP contribution in [0.5, 0.6) is 0 Å². The molecule has 3 N–H and O–H groups in total. The lowest BCUT2D eigenvalue weighted by atomic mass is 9.75. The van der Waals surface area contributed by atoms with Crippen molar-refractivity contribution in [1.29, 1.82) is 0 Å². The van der Waals surface area contributed by atoms with Gasteiger partial charge in [-0.1, -0.05) is 0 Å². The zero-order valence-electron chi connectivity index (χ0n) is 20.5. The normalized spacial score (nSPS) is 25.4. The van der Waals surface area contributed by atoms with Crippen LogP contribution >= 0.6 is 0 Å². The van der Waals surface area contributed by atoms with Crippen molar-refractivity contribution < 1.29 is 23.9 Å². The van der Waals surface area contributed by atoms with Gasteiger partial charge in [0, 0.05) is 57.0 Å². The summed E-state index contributed by atoms with van der Waals surface area (Å²) >= 11 is 0. The van der Waals surface area contributed by atoms with Gasteiger partial charge in [0.25, 0.3) is 0 Å². The van der Waals surface area contributed by atoms with Gasteiger partial charge in [0.2, 0.25) is 11.8 Å². The maximum Gasteiger partial charge on any atom is 0.405 e. The summed E-state index contributed by atoms with van der Waals surface area (Å²) in [5.74, 6) is -0.384. The van der Waals surface area contributed by atoms with E-state index >= 15 is 0 Å². The van der Waals surface area contributed by atoms with Crippen molar-refractivity contribution in [2.75, 3.05) is 44.2 Å². The van der Waals surface area contributed by atoms with Crippen LogP contribution in [0.15, 0.2) is 24.3 Å². The van der Waals surface area contributed by atoms with Gasteiger partial charge in [0.05, 0.1) is 5.41 Å².